The summed E-state index contributed by atoms with van der Waals surface area (Å²) in [5, 5.41) is 2.61. The summed E-state index contributed by atoms with van der Waals surface area (Å²) in [6.07, 6.45) is 1.56. The molecular formula is C25H27ClN2O2S. The maximum atomic E-state index is 13.3. The number of halogens is 1. The molecule has 0 saturated heterocycles. The van der Waals surface area contributed by atoms with Crippen molar-refractivity contribution in [2.24, 2.45) is 0 Å². The Bertz CT molecular complexity index is 1120. The Morgan fingerprint density at radius 2 is 1.81 bits per heavy atom. The number of carbonyl (C=O) groups excluding carboxylic acids is 1. The van der Waals surface area contributed by atoms with E-state index in [4.69, 9.17) is 16.3 Å². The molecule has 0 fully saturated rings. The molecule has 162 valence electrons. The number of nitrogens with one attached hydrogen (secondary N) is 1. The van der Waals surface area contributed by atoms with E-state index in [1.807, 2.05) is 13.0 Å². The summed E-state index contributed by atoms with van der Waals surface area (Å²) in [5.41, 5.74) is 3.11. The van der Waals surface area contributed by atoms with E-state index in [1.54, 1.807) is 30.5 Å². The first-order chi connectivity index (χ1) is 14.7. The molecule has 4 nitrogen and oxygen atoms in total. The molecule has 1 unspecified atom stereocenters. The highest BCUT2D eigenvalue weighted by atomic mass is 35.5. The van der Waals surface area contributed by atoms with Gasteiger partial charge in [0.1, 0.15) is 0 Å². The molecule has 3 rings (SSSR count). The lowest BCUT2D eigenvalue weighted by molar-refractivity contribution is 0.103. The summed E-state index contributed by atoms with van der Waals surface area (Å²) in [6, 6.07) is 17.2. The molecule has 3 aromatic rings. The number of hydrogen-bond donors (Lipinski definition) is 1. The summed E-state index contributed by atoms with van der Waals surface area (Å²) in [4.78, 5) is 18.5. The summed E-state index contributed by atoms with van der Waals surface area (Å²) in [6.45, 7) is 8.61. The van der Waals surface area contributed by atoms with Gasteiger partial charge in [-0.25, -0.2) is 4.98 Å². The maximum Gasteiger partial charge on any atom is 0.213 e. The molecule has 1 heterocycles. The third-order valence-electron chi connectivity index (χ3n) is 4.86. The van der Waals surface area contributed by atoms with Crippen molar-refractivity contribution in [3.63, 3.8) is 0 Å². The van der Waals surface area contributed by atoms with Crippen LogP contribution < -0.4 is 9.46 Å². The first kappa shape index (κ1) is 23.0. The molecule has 0 aliphatic heterocycles. The van der Waals surface area contributed by atoms with Gasteiger partial charge in [-0.3, -0.25) is 4.79 Å². The lowest BCUT2D eigenvalue weighted by Crippen LogP contribution is -2.10. The normalized spacial score (nSPS) is 12.5. The number of nitrogens with zero attached hydrogens (tertiary/aromatic N) is 1. The molecule has 6 heteroatoms. The van der Waals surface area contributed by atoms with Crippen LogP contribution in [-0.4, -0.2) is 23.2 Å². The second kappa shape index (κ2) is 9.67. The SMILES string of the molecule is C/C=S(/Nc1ccc(Cl)cc1C(=O)c1ccnc(OC)c1)c1ccc(C(C)(C)C)cc1. The molecule has 31 heavy (non-hydrogen) atoms. The van der Waals surface area contributed by atoms with Crippen LogP contribution in [0.2, 0.25) is 5.02 Å². The van der Waals surface area contributed by atoms with E-state index in [1.165, 1.54) is 12.7 Å². The minimum Gasteiger partial charge on any atom is -0.481 e. The minimum absolute atomic E-state index is 0.0991. The van der Waals surface area contributed by atoms with Crippen molar-refractivity contribution in [3.8, 4) is 5.88 Å². The van der Waals surface area contributed by atoms with Crippen LogP contribution in [-0.2, 0) is 5.41 Å². The van der Waals surface area contributed by atoms with E-state index in [0.717, 1.165) is 10.6 Å². The first-order valence-electron chi connectivity index (χ1n) is 9.97. The Labute approximate surface area is 191 Å². The van der Waals surface area contributed by atoms with Gasteiger partial charge in [-0.2, -0.15) is 0 Å². The number of methoxy groups -OCH3 is 1. The number of ketones is 1. The lowest BCUT2D eigenvalue weighted by atomic mass is 9.87. The van der Waals surface area contributed by atoms with Crippen molar-refractivity contribution >= 4 is 39.1 Å². The lowest BCUT2D eigenvalue weighted by Gasteiger charge is -2.20. The molecule has 0 saturated carbocycles. The fourth-order valence-electron chi connectivity index (χ4n) is 3.09. The van der Waals surface area contributed by atoms with Gasteiger partial charge in [0.2, 0.25) is 5.88 Å². The van der Waals surface area contributed by atoms with E-state index in [2.05, 4.69) is 60.1 Å². The van der Waals surface area contributed by atoms with Gasteiger partial charge in [-0.1, -0.05) is 55.2 Å². The predicted molar refractivity (Wildman–Crippen MR) is 132 cm³/mol. The Morgan fingerprint density at radius 1 is 1.10 bits per heavy atom. The first-order valence-corrected chi connectivity index (χ1v) is 11.6. The average Bonchev–Trinajstić information content (AvgIpc) is 2.77. The third kappa shape index (κ3) is 5.54. The van der Waals surface area contributed by atoms with Crippen LogP contribution in [0.25, 0.3) is 0 Å². The highest BCUT2D eigenvalue weighted by Gasteiger charge is 2.17. The van der Waals surface area contributed by atoms with E-state index >= 15 is 0 Å². The van der Waals surface area contributed by atoms with Crippen LogP contribution in [0.15, 0.2) is 65.7 Å². The largest absolute Gasteiger partial charge is 0.481 e. The number of aromatic nitrogens is 1. The van der Waals surface area contributed by atoms with Gasteiger partial charge < -0.3 is 9.46 Å². The van der Waals surface area contributed by atoms with E-state index < -0.39 is 0 Å². The van der Waals surface area contributed by atoms with Gasteiger partial charge >= 0.3 is 0 Å². The Balaban J connectivity index is 1.95. The zero-order valence-corrected chi connectivity index (χ0v) is 20.0. The summed E-state index contributed by atoms with van der Waals surface area (Å²) in [7, 11) is 1.14. The number of anilines is 1. The molecule has 0 aliphatic rings. The fourth-order valence-corrected chi connectivity index (χ4v) is 4.61. The molecular weight excluding hydrogens is 428 g/mol. The van der Waals surface area contributed by atoms with Gasteiger partial charge in [-0.15, -0.1) is 0 Å². The monoisotopic (exact) mass is 454 g/mol. The van der Waals surface area contributed by atoms with Crippen molar-refractivity contribution in [1.29, 1.82) is 0 Å². The molecule has 1 aromatic heterocycles. The Hall–Kier alpha value is -2.63. The zero-order chi connectivity index (χ0) is 22.6. The number of hydrogen-bond acceptors (Lipinski definition) is 4. The van der Waals surface area contributed by atoms with Crippen LogP contribution in [0.1, 0.15) is 49.2 Å². The quantitative estimate of drug-likeness (QED) is 0.330. The van der Waals surface area contributed by atoms with E-state index in [-0.39, 0.29) is 21.9 Å². The molecule has 0 radical (unpaired) electrons. The minimum atomic E-state index is -0.384. The predicted octanol–water partition coefficient (Wildman–Crippen LogP) is 6.75. The Morgan fingerprint density at radius 3 is 2.42 bits per heavy atom. The number of benzene rings is 2. The topological polar surface area (TPSA) is 51.2 Å². The second-order valence-electron chi connectivity index (χ2n) is 8.06. The van der Waals surface area contributed by atoms with E-state index in [9.17, 15) is 4.79 Å². The van der Waals surface area contributed by atoms with Crippen molar-refractivity contribution < 1.29 is 9.53 Å². The molecule has 1 atom stereocenters. The van der Waals surface area contributed by atoms with Crippen LogP contribution in [0, 0.1) is 0 Å². The van der Waals surface area contributed by atoms with Gasteiger partial charge in [0, 0.05) is 33.3 Å². The van der Waals surface area contributed by atoms with Crippen LogP contribution in [0.3, 0.4) is 0 Å². The third-order valence-corrected chi connectivity index (χ3v) is 6.79. The van der Waals surface area contributed by atoms with Gasteiger partial charge in [0.25, 0.3) is 0 Å². The maximum absolute atomic E-state index is 13.3. The van der Waals surface area contributed by atoms with Gasteiger partial charge in [0.15, 0.2) is 5.78 Å². The van der Waals surface area contributed by atoms with Crippen molar-refractivity contribution in [2.45, 2.75) is 38.0 Å². The van der Waals surface area contributed by atoms with Gasteiger partial charge in [0.05, 0.1) is 12.8 Å². The molecule has 0 bridgehead atoms. The highest BCUT2D eigenvalue weighted by Crippen LogP contribution is 2.33. The van der Waals surface area contributed by atoms with Crippen LogP contribution in [0.4, 0.5) is 5.69 Å². The van der Waals surface area contributed by atoms with E-state index in [0.29, 0.717) is 22.0 Å². The van der Waals surface area contributed by atoms with Gasteiger partial charge in [-0.05, 0) is 59.7 Å². The molecule has 0 spiro atoms. The summed E-state index contributed by atoms with van der Waals surface area (Å²) >= 11 is 6.23. The second-order valence-corrected chi connectivity index (χ2v) is 10.3. The van der Waals surface area contributed by atoms with Crippen LogP contribution in [0.5, 0.6) is 5.88 Å². The smallest absolute Gasteiger partial charge is 0.213 e. The van der Waals surface area contributed by atoms with Crippen molar-refractivity contribution in [3.05, 3.63) is 82.5 Å². The molecule has 0 aliphatic carbocycles. The fraction of sp³-hybridized carbons (Fsp3) is 0.240. The summed E-state index contributed by atoms with van der Waals surface area (Å²) < 4.78 is 8.68. The number of rotatable bonds is 6. The number of carbonyl (C=O) groups is 1. The number of pyridine rings is 1. The standard InChI is InChI=1S/C25H27ClN2O2S/c1-6-31(20-10-7-18(8-11-20)25(2,3)4)28-22-12-9-19(26)16-21(22)24(29)17-13-14-27-23(15-17)30-5/h6-16,28H,1-5H3. The highest BCUT2D eigenvalue weighted by molar-refractivity contribution is 8.16. The van der Waals surface area contributed by atoms with Crippen LogP contribution >= 0.6 is 22.3 Å². The molecule has 1 N–H and O–H groups in total. The average molecular weight is 455 g/mol. The molecule has 2 aromatic carbocycles. The van der Waals surface area contributed by atoms with Crippen molar-refractivity contribution in [2.75, 3.05) is 11.8 Å². The summed E-state index contributed by atoms with van der Waals surface area (Å²) in [5.74, 6) is 0.247. The Kier molecular flexibility index (Phi) is 7.19. The van der Waals surface area contributed by atoms with Crippen molar-refractivity contribution in [1.82, 2.24) is 4.98 Å². The number of ether oxygens (including phenoxy) is 1. The molecule has 0 amide bonds. The zero-order valence-electron chi connectivity index (χ0n) is 18.4.